The zero-order chi connectivity index (χ0) is 13.2. The first-order valence-electron chi connectivity index (χ1n) is 6.81. The molecule has 1 aromatic heterocycles. The Kier molecular flexibility index (Phi) is 4.05. The maximum absolute atomic E-state index is 11.2. The summed E-state index contributed by atoms with van der Waals surface area (Å²) in [5, 5.41) is 0. The molecule has 0 unspecified atom stereocenters. The molecule has 4 heteroatoms. The van der Waals surface area contributed by atoms with Crippen molar-refractivity contribution in [3.63, 3.8) is 0 Å². The Morgan fingerprint density at radius 3 is 2.67 bits per heavy atom. The first-order chi connectivity index (χ1) is 8.51. The molecule has 1 heterocycles. The van der Waals surface area contributed by atoms with Crippen LogP contribution in [0.5, 0.6) is 0 Å². The van der Waals surface area contributed by atoms with Crippen LogP contribution in [0.15, 0.2) is 17.1 Å². The summed E-state index contributed by atoms with van der Waals surface area (Å²) in [5.74, 6) is 0.708. The summed E-state index contributed by atoms with van der Waals surface area (Å²) in [6.45, 7) is 5.51. The molecule has 100 valence electrons. The van der Waals surface area contributed by atoms with Crippen molar-refractivity contribution in [2.75, 3.05) is 0 Å². The van der Waals surface area contributed by atoms with Gasteiger partial charge in [0.2, 0.25) is 0 Å². The number of rotatable bonds is 4. The van der Waals surface area contributed by atoms with Crippen LogP contribution in [0, 0.1) is 16.1 Å². The van der Waals surface area contributed by atoms with Crippen molar-refractivity contribution in [3.8, 4) is 0 Å². The van der Waals surface area contributed by atoms with Gasteiger partial charge < -0.3 is 4.57 Å². The lowest BCUT2D eigenvalue weighted by Crippen LogP contribution is -2.27. The van der Waals surface area contributed by atoms with Crippen LogP contribution in [0.2, 0.25) is 0 Å². The summed E-state index contributed by atoms with van der Waals surface area (Å²) in [4.78, 5) is 13.9. The van der Waals surface area contributed by atoms with E-state index in [-0.39, 0.29) is 5.56 Å². The molecule has 1 aliphatic rings. The molecular formula is C14H22N2OS. The van der Waals surface area contributed by atoms with Crippen molar-refractivity contribution in [2.24, 2.45) is 11.3 Å². The van der Waals surface area contributed by atoms with Crippen LogP contribution in [0.25, 0.3) is 0 Å². The molecule has 1 saturated carbocycles. The third-order valence-electron chi connectivity index (χ3n) is 3.91. The summed E-state index contributed by atoms with van der Waals surface area (Å²) in [6.07, 6.45) is 8.29. The second kappa shape index (κ2) is 5.39. The molecule has 2 rings (SSSR count). The van der Waals surface area contributed by atoms with Crippen LogP contribution >= 0.6 is 12.2 Å². The Hall–Kier alpha value is -0.900. The zero-order valence-electron chi connectivity index (χ0n) is 11.2. The van der Waals surface area contributed by atoms with Gasteiger partial charge in [-0.1, -0.05) is 26.7 Å². The fourth-order valence-corrected chi connectivity index (χ4v) is 3.57. The van der Waals surface area contributed by atoms with Crippen molar-refractivity contribution in [1.29, 1.82) is 0 Å². The molecule has 1 aliphatic carbocycles. The molecule has 1 aromatic rings. The van der Waals surface area contributed by atoms with Gasteiger partial charge in [0.15, 0.2) is 4.77 Å². The van der Waals surface area contributed by atoms with Gasteiger partial charge in [0.25, 0.3) is 5.56 Å². The van der Waals surface area contributed by atoms with Crippen LogP contribution < -0.4 is 5.56 Å². The molecule has 18 heavy (non-hydrogen) atoms. The zero-order valence-corrected chi connectivity index (χ0v) is 12.1. The Morgan fingerprint density at radius 2 is 2.11 bits per heavy atom. The van der Waals surface area contributed by atoms with Crippen LogP contribution in [0.1, 0.15) is 46.0 Å². The van der Waals surface area contributed by atoms with Gasteiger partial charge in [0, 0.05) is 18.8 Å². The van der Waals surface area contributed by atoms with Crippen molar-refractivity contribution >= 4 is 12.2 Å². The highest BCUT2D eigenvalue weighted by atomic mass is 32.1. The first-order valence-corrected chi connectivity index (χ1v) is 7.21. The Balaban J connectivity index is 2.23. The molecule has 0 bridgehead atoms. The molecule has 1 N–H and O–H groups in total. The average molecular weight is 266 g/mol. The van der Waals surface area contributed by atoms with Gasteiger partial charge in [-0.05, 0) is 42.8 Å². The fourth-order valence-electron chi connectivity index (χ4n) is 3.35. The summed E-state index contributed by atoms with van der Waals surface area (Å²) in [7, 11) is 0. The molecule has 0 saturated heterocycles. The van der Waals surface area contributed by atoms with E-state index in [0.29, 0.717) is 16.1 Å². The molecular weight excluding hydrogens is 244 g/mol. The van der Waals surface area contributed by atoms with Gasteiger partial charge in [-0.3, -0.25) is 9.78 Å². The minimum atomic E-state index is -0.111. The van der Waals surface area contributed by atoms with E-state index in [4.69, 9.17) is 12.2 Å². The van der Waals surface area contributed by atoms with Crippen molar-refractivity contribution in [1.82, 2.24) is 9.55 Å². The third kappa shape index (κ3) is 3.10. The molecule has 1 fully saturated rings. The normalized spacial score (nSPS) is 18.4. The first kappa shape index (κ1) is 13.5. The number of H-pyrrole nitrogens is 1. The molecule has 0 atom stereocenters. The Bertz CT molecular complexity index is 509. The largest absolute Gasteiger partial charge is 0.325 e. The highest BCUT2D eigenvalue weighted by Gasteiger charge is 2.34. The fraction of sp³-hybridized carbons (Fsp3) is 0.714. The second-order valence-electron chi connectivity index (χ2n) is 6.04. The lowest BCUT2D eigenvalue weighted by atomic mass is 9.78. The number of hydrogen-bond donors (Lipinski definition) is 1. The van der Waals surface area contributed by atoms with Gasteiger partial charge in [0.1, 0.15) is 0 Å². The van der Waals surface area contributed by atoms with Gasteiger partial charge in [-0.15, -0.1) is 0 Å². The third-order valence-corrected chi connectivity index (χ3v) is 4.24. The molecule has 0 aromatic carbocycles. The second-order valence-corrected chi connectivity index (χ2v) is 6.43. The summed E-state index contributed by atoms with van der Waals surface area (Å²) < 4.78 is 2.59. The minimum Gasteiger partial charge on any atom is -0.325 e. The average Bonchev–Trinajstić information content (AvgIpc) is 2.70. The topological polar surface area (TPSA) is 37.8 Å². The highest BCUT2D eigenvalue weighted by Crippen LogP contribution is 2.44. The van der Waals surface area contributed by atoms with Gasteiger partial charge in [-0.25, -0.2) is 0 Å². The summed E-state index contributed by atoms with van der Waals surface area (Å²) in [5.41, 5.74) is 0.269. The maximum atomic E-state index is 11.2. The van der Waals surface area contributed by atoms with Gasteiger partial charge in [-0.2, -0.15) is 0 Å². The van der Waals surface area contributed by atoms with Crippen LogP contribution in [0.4, 0.5) is 0 Å². The number of nitrogens with one attached hydrogen (secondary N) is 1. The van der Waals surface area contributed by atoms with Crippen molar-refractivity contribution in [2.45, 2.75) is 52.5 Å². The van der Waals surface area contributed by atoms with Crippen molar-refractivity contribution in [3.05, 3.63) is 27.4 Å². The quantitative estimate of drug-likeness (QED) is 0.847. The number of aromatic amines is 1. The van der Waals surface area contributed by atoms with Crippen LogP contribution in [-0.2, 0) is 6.54 Å². The Morgan fingerprint density at radius 1 is 1.44 bits per heavy atom. The lowest BCUT2D eigenvalue weighted by molar-refractivity contribution is 0.195. The molecule has 0 radical (unpaired) electrons. The SMILES string of the molecule is CC(C)CC1(Cn2ccc(=O)[nH]c2=S)CCCC1. The predicted octanol–water partition coefficient (Wildman–Crippen LogP) is 3.51. The summed E-state index contributed by atoms with van der Waals surface area (Å²) >= 11 is 5.24. The predicted molar refractivity (Wildman–Crippen MR) is 76.2 cm³/mol. The molecule has 0 amide bonds. The minimum absolute atomic E-state index is 0.111. The molecule has 3 nitrogen and oxygen atoms in total. The van der Waals surface area contributed by atoms with E-state index in [1.54, 1.807) is 6.07 Å². The van der Waals surface area contributed by atoms with E-state index < -0.39 is 0 Å². The van der Waals surface area contributed by atoms with Gasteiger partial charge >= 0.3 is 0 Å². The summed E-state index contributed by atoms with van der Waals surface area (Å²) in [6, 6.07) is 1.56. The standard InChI is InChI=1S/C14H22N2OS/c1-11(2)9-14(6-3-4-7-14)10-16-8-5-12(17)15-13(16)18/h5,8,11H,3-4,6-7,9-10H2,1-2H3,(H,15,17,18). The highest BCUT2D eigenvalue weighted by molar-refractivity contribution is 7.71. The van der Waals surface area contributed by atoms with E-state index in [0.717, 1.165) is 6.54 Å². The van der Waals surface area contributed by atoms with E-state index in [1.165, 1.54) is 32.1 Å². The monoisotopic (exact) mass is 266 g/mol. The molecule has 0 spiro atoms. The van der Waals surface area contributed by atoms with E-state index in [1.807, 2.05) is 10.8 Å². The van der Waals surface area contributed by atoms with Crippen molar-refractivity contribution < 1.29 is 0 Å². The van der Waals surface area contributed by atoms with Crippen LogP contribution in [0.3, 0.4) is 0 Å². The maximum Gasteiger partial charge on any atom is 0.251 e. The molecule has 0 aliphatic heterocycles. The van der Waals surface area contributed by atoms with Gasteiger partial charge in [0.05, 0.1) is 0 Å². The van der Waals surface area contributed by atoms with E-state index >= 15 is 0 Å². The number of aromatic nitrogens is 2. The van der Waals surface area contributed by atoms with E-state index in [2.05, 4.69) is 18.8 Å². The lowest BCUT2D eigenvalue weighted by Gasteiger charge is -2.31. The number of nitrogens with zero attached hydrogens (tertiary/aromatic N) is 1. The number of hydrogen-bond acceptors (Lipinski definition) is 2. The smallest absolute Gasteiger partial charge is 0.251 e. The Labute approximate surface area is 113 Å². The van der Waals surface area contributed by atoms with Crippen LogP contribution in [-0.4, -0.2) is 9.55 Å². The van der Waals surface area contributed by atoms with E-state index in [9.17, 15) is 4.79 Å².